The van der Waals surface area contributed by atoms with Gasteiger partial charge < -0.3 is 0 Å². The number of fused-ring (bicyclic) bond motifs is 1. The Morgan fingerprint density at radius 3 is 2.29 bits per heavy atom. The lowest BCUT2D eigenvalue weighted by Gasteiger charge is -2.23. The maximum Gasteiger partial charge on any atom is 0.0233 e. The third-order valence-electron chi connectivity index (χ3n) is 4.92. The zero-order chi connectivity index (χ0) is 16.8. The number of rotatable bonds is 7. The molecule has 0 aliphatic heterocycles. The molecular weight excluding hydrogens is 290 g/mol. The molecule has 0 bridgehead atoms. The van der Waals surface area contributed by atoms with Crippen LogP contribution in [0.2, 0.25) is 0 Å². The zero-order valence-corrected chi connectivity index (χ0v) is 14.8. The summed E-state index contributed by atoms with van der Waals surface area (Å²) in [6, 6.07) is 26.3. The summed E-state index contributed by atoms with van der Waals surface area (Å²) in [6.07, 6.45) is 1.19. The van der Waals surface area contributed by atoms with E-state index in [1.165, 1.54) is 28.3 Å². The summed E-state index contributed by atoms with van der Waals surface area (Å²) in [4.78, 5) is 2.53. The number of nitrogens with zero attached hydrogens (tertiary/aromatic N) is 1. The average molecular weight is 317 g/mol. The Hall–Kier alpha value is -2.12. The molecule has 0 saturated carbocycles. The monoisotopic (exact) mass is 317 g/mol. The van der Waals surface area contributed by atoms with Crippen LogP contribution in [0.4, 0.5) is 0 Å². The van der Waals surface area contributed by atoms with Gasteiger partial charge in [-0.2, -0.15) is 0 Å². The van der Waals surface area contributed by atoms with E-state index in [1.807, 2.05) is 0 Å². The van der Waals surface area contributed by atoms with E-state index in [1.54, 1.807) is 0 Å². The Kier molecular flexibility index (Phi) is 5.66. The van der Waals surface area contributed by atoms with E-state index in [4.69, 9.17) is 0 Å². The fraction of sp³-hybridized carbons (Fsp3) is 0.304. The highest BCUT2D eigenvalue weighted by atomic mass is 15.1. The van der Waals surface area contributed by atoms with Crippen molar-refractivity contribution in [3.05, 3.63) is 83.9 Å². The Labute approximate surface area is 145 Å². The van der Waals surface area contributed by atoms with Gasteiger partial charge >= 0.3 is 0 Å². The second kappa shape index (κ2) is 8.12. The molecular formula is C23H27N. The standard InChI is InChI=1S/C23H27N/c1-3-24(18-20-9-5-4-6-10-20)16-15-19(2)22-14-13-21-11-7-8-12-23(21)17-22/h4-14,17,19H,3,15-16,18H2,1-2H3. The molecule has 0 amide bonds. The molecule has 0 spiro atoms. The fourth-order valence-corrected chi connectivity index (χ4v) is 3.25. The van der Waals surface area contributed by atoms with Crippen LogP contribution >= 0.6 is 0 Å². The quantitative estimate of drug-likeness (QED) is 0.528. The topological polar surface area (TPSA) is 3.24 Å². The van der Waals surface area contributed by atoms with Gasteiger partial charge in [0.1, 0.15) is 0 Å². The molecule has 1 nitrogen and oxygen atoms in total. The van der Waals surface area contributed by atoms with Crippen molar-refractivity contribution >= 4 is 10.8 Å². The van der Waals surface area contributed by atoms with E-state index in [0.29, 0.717) is 5.92 Å². The maximum atomic E-state index is 2.53. The van der Waals surface area contributed by atoms with Gasteiger partial charge in [0.2, 0.25) is 0 Å². The molecule has 0 heterocycles. The van der Waals surface area contributed by atoms with Crippen molar-refractivity contribution in [1.82, 2.24) is 4.90 Å². The second-order valence-corrected chi connectivity index (χ2v) is 6.65. The lowest BCUT2D eigenvalue weighted by Crippen LogP contribution is -2.25. The number of hydrogen-bond donors (Lipinski definition) is 0. The molecule has 1 unspecified atom stereocenters. The van der Waals surface area contributed by atoms with Crippen LogP contribution in [0.1, 0.15) is 37.3 Å². The minimum absolute atomic E-state index is 0.583. The second-order valence-electron chi connectivity index (χ2n) is 6.65. The predicted molar refractivity (Wildman–Crippen MR) is 104 cm³/mol. The van der Waals surface area contributed by atoms with Gasteiger partial charge in [0.15, 0.2) is 0 Å². The normalized spacial score (nSPS) is 12.6. The summed E-state index contributed by atoms with van der Waals surface area (Å²) in [5, 5.41) is 2.67. The van der Waals surface area contributed by atoms with Gasteiger partial charge in [-0.05, 0) is 47.3 Å². The summed E-state index contributed by atoms with van der Waals surface area (Å²) in [7, 11) is 0. The van der Waals surface area contributed by atoms with Gasteiger partial charge in [0, 0.05) is 6.54 Å². The highest BCUT2D eigenvalue weighted by molar-refractivity contribution is 5.83. The van der Waals surface area contributed by atoms with Crippen molar-refractivity contribution < 1.29 is 0 Å². The van der Waals surface area contributed by atoms with Gasteiger partial charge in [-0.25, -0.2) is 0 Å². The first-order valence-corrected chi connectivity index (χ1v) is 9.01. The lowest BCUT2D eigenvalue weighted by molar-refractivity contribution is 0.270. The minimum atomic E-state index is 0.583. The minimum Gasteiger partial charge on any atom is -0.299 e. The average Bonchev–Trinajstić information content (AvgIpc) is 2.65. The van der Waals surface area contributed by atoms with Crippen LogP contribution in [0, 0.1) is 0 Å². The van der Waals surface area contributed by atoms with Crippen LogP contribution in [0.15, 0.2) is 72.8 Å². The van der Waals surface area contributed by atoms with Gasteiger partial charge in [0.05, 0.1) is 0 Å². The summed E-state index contributed by atoms with van der Waals surface area (Å²) >= 11 is 0. The molecule has 0 aliphatic carbocycles. The van der Waals surface area contributed by atoms with E-state index in [-0.39, 0.29) is 0 Å². The summed E-state index contributed by atoms with van der Waals surface area (Å²) in [6.45, 7) is 7.88. The summed E-state index contributed by atoms with van der Waals surface area (Å²) in [5.74, 6) is 0.583. The smallest absolute Gasteiger partial charge is 0.0233 e. The molecule has 0 radical (unpaired) electrons. The van der Waals surface area contributed by atoms with Crippen LogP contribution < -0.4 is 0 Å². The summed E-state index contributed by atoms with van der Waals surface area (Å²) < 4.78 is 0. The highest BCUT2D eigenvalue weighted by Crippen LogP contribution is 2.24. The first-order chi connectivity index (χ1) is 11.8. The molecule has 0 saturated heterocycles. The molecule has 0 N–H and O–H groups in total. The van der Waals surface area contributed by atoms with Crippen LogP contribution in [0.25, 0.3) is 10.8 Å². The van der Waals surface area contributed by atoms with Crippen molar-refractivity contribution in [2.45, 2.75) is 32.7 Å². The van der Waals surface area contributed by atoms with Gasteiger partial charge in [-0.3, -0.25) is 4.90 Å². The molecule has 0 aliphatic rings. The Bertz CT molecular complexity index is 763. The molecule has 1 atom stereocenters. The van der Waals surface area contributed by atoms with E-state index >= 15 is 0 Å². The number of benzene rings is 3. The Morgan fingerprint density at radius 2 is 1.54 bits per heavy atom. The van der Waals surface area contributed by atoms with Crippen molar-refractivity contribution in [2.75, 3.05) is 13.1 Å². The van der Waals surface area contributed by atoms with Crippen LogP contribution in [-0.2, 0) is 6.54 Å². The molecule has 3 aromatic rings. The predicted octanol–water partition coefficient (Wildman–Crippen LogP) is 5.86. The molecule has 0 fully saturated rings. The largest absolute Gasteiger partial charge is 0.299 e. The van der Waals surface area contributed by atoms with Crippen molar-refractivity contribution in [2.24, 2.45) is 0 Å². The van der Waals surface area contributed by atoms with Crippen molar-refractivity contribution in [3.8, 4) is 0 Å². The SMILES string of the molecule is CCN(CCC(C)c1ccc2ccccc2c1)Cc1ccccc1. The van der Waals surface area contributed by atoms with Crippen molar-refractivity contribution in [1.29, 1.82) is 0 Å². The molecule has 0 aromatic heterocycles. The van der Waals surface area contributed by atoms with Crippen LogP contribution in [-0.4, -0.2) is 18.0 Å². The zero-order valence-electron chi connectivity index (χ0n) is 14.8. The molecule has 3 aromatic carbocycles. The number of hydrogen-bond acceptors (Lipinski definition) is 1. The van der Waals surface area contributed by atoms with Gasteiger partial charge in [-0.15, -0.1) is 0 Å². The third-order valence-corrected chi connectivity index (χ3v) is 4.92. The fourth-order valence-electron chi connectivity index (χ4n) is 3.25. The van der Waals surface area contributed by atoms with E-state index < -0.39 is 0 Å². The molecule has 24 heavy (non-hydrogen) atoms. The first kappa shape index (κ1) is 16.7. The van der Waals surface area contributed by atoms with Gasteiger partial charge in [0.25, 0.3) is 0 Å². The Morgan fingerprint density at radius 1 is 0.833 bits per heavy atom. The molecule has 1 heteroatoms. The first-order valence-electron chi connectivity index (χ1n) is 9.01. The third kappa shape index (κ3) is 4.24. The van der Waals surface area contributed by atoms with Gasteiger partial charge in [-0.1, -0.05) is 86.6 Å². The van der Waals surface area contributed by atoms with E-state index in [2.05, 4.69) is 91.5 Å². The van der Waals surface area contributed by atoms with E-state index in [0.717, 1.165) is 19.6 Å². The highest BCUT2D eigenvalue weighted by Gasteiger charge is 2.10. The maximum absolute atomic E-state index is 2.53. The van der Waals surface area contributed by atoms with Crippen LogP contribution in [0.5, 0.6) is 0 Å². The van der Waals surface area contributed by atoms with E-state index in [9.17, 15) is 0 Å². The molecule has 3 rings (SSSR count). The Balaban J connectivity index is 1.61. The van der Waals surface area contributed by atoms with Crippen molar-refractivity contribution in [3.63, 3.8) is 0 Å². The lowest BCUT2D eigenvalue weighted by atomic mass is 9.95. The summed E-state index contributed by atoms with van der Waals surface area (Å²) in [5.41, 5.74) is 2.85. The van der Waals surface area contributed by atoms with Crippen LogP contribution in [0.3, 0.4) is 0 Å². The molecule has 124 valence electrons.